The van der Waals surface area contributed by atoms with E-state index in [1.165, 1.54) is 48.6 Å². The van der Waals surface area contributed by atoms with Gasteiger partial charge in [-0.15, -0.1) is 0 Å². The number of ketones is 1. The average Bonchev–Trinajstić information content (AvgIpc) is 2.77. The molecule has 19 heavy (non-hydrogen) atoms. The van der Waals surface area contributed by atoms with Crippen LogP contribution >= 0.6 is 0 Å². The molecule has 1 heterocycles. The molecule has 0 radical (unpaired) electrons. The van der Waals surface area contributed by atoms with Crippen molar-refractivity contribution in [1.29, 1.82) is 0 Å². The van der Waals surface area contributed by atoms with Crippen molar-refractivity contribution < 1.29 is 4.79 Å². The van der Waals surface area contributed by atoms with Gasteiger partial charge in [-0.25, -0.2) is 0 Å². The molecular weight excluding hydrogens is 234 g/mol. The van der Waals surface area contributed by atoms with E-state index in [0.717, 1.165) is 5.56 Å². The van der Waals surface area contributed by atoms with Crippen molar-refractivity contribution in [2.45, 2.75) is 44.9 Å². The van der Waals surface area contributed by atoms with E-state index in [2.05, 4.69) is 23.9 Å². The molecule has 1 aliphatic carbocycles. The summed E-state index contributed by atoms with van der Waals surface area (Å²) in [7, 11) is 2.08. The van der Waals surface area contributed by atoms with Crippen molar-refractivity contribution >= 4 is 16.7 Å². The predicted octanol–water partition coefficient (Wildman–Crippen LogP) is 4.43. The van der Waals surface area contributed by atoms with Gasteiger partial charge in [0.25, 0.3) is 0 Å². The highest BCUT2D eigenvalue weighted by Crippen LogP contribution is 2.37. The Labute approximate surface area is 114 Å². The third kappa shape index (κ3) is 2.20. The molecule has 0 amide bonds. The zero-order valence-electron chi connectivity index (χ0n) is 11.8. The van der Waals surface area contributed by atoms with E-state index in [1.807, 2.05) is 12.1 Å². The largest absolute Gasteiger partial charge is 0.350 e. The van der Waals surface area contributed by atoms with E-state index in [1.54, 1.807) is 6.92 Å². The van der Waals surface area contributed by atoms with Crippen LogP contribution in [-0.4, -0.2) is 10.4 Å². The summed E-state index contributed by atoms with van der Waals surface area (Å²) >= 11 is 0. The molecule has 1 saturated carbocycles. The number of aryl methyl sites for hydroxylation is 1. The smallest absolute Gasteiger partial charge is 0.159 e. The van der Waals surface area contributed by atoms with Crippen LogP contribution in [0.3, 0.4) is 0 Å². The van der Waals surface area contributed by atoms with Crippen molar-refractivity contribution in [3.05, 3.63) is 35.5 Å². The lowest BCUT2D eigenvalue weighted by Gasteiger charge is -2.21. The van der Waals surface area contributed by atoms with Gasteiger partial charge >= 0.3 is 0 Å². The van der Waals surface area contributed by atoms with Gasteiger partial charge < -0.3 is 4.57 Å². The molecule has 2 heteroatoms. The molecule has 0 N–H and O–H groups in total. The summed E-state index contributed by atoms with van der Waals surface area (Å²) in [5, 5.41) is 1.33. The quantitative estimate of drug-likeness (QED) is 0.728. The van der Waals surface area contributed by atoms with Gasteiger partial charge in [0, 0.05) is 29.7 Å². The summed E-state index contributed by atoms with van der Waals surface area (Å²) in [6, 6.07) is 6.14. The van der Waals surface area contributed by atoms with E-state index in [0.29, 0.717) is 5.92 Å². The molecule has 0 unspecified atom stereocenters. The van der Waals surface area contributed by atoms with Crippen LogP contribution in [0.1, 0.15) is 60.9 Å². The first kappa shape index (κ1) is 12.5. The molecule has 1 aromatic carbocycles. The SMILES string of the molecule is CC(=O)c1ccc2c(C3CCCCC3)cn(C)c2c1. The number of Topliss-reactive ketones (excluding diaryl/α,β-unsaturated/α-hetero) is 1. The monoisotopic (exact) mass is 255 g/mol. The highest BCUT2D eigenvalue weighted by atomic mass is 16.1. The Balaban J connectivity index is 2.08. The van der Waals surface area contributed by atoms with Gasteiger partial charge in [-0.1, -0.05) is 31.4 Å². The Bertz CT molecular complexity index is 617. The van der Waals surface area contributed by atoms with E-state index < -0.39 is 0 Å². The van der Waals surface area contributed by atoms with E-state index in [9.17, 15) is 4.79 Å². The Hall–Kier alpha value is -1.57. The highest BCUT2D eigenvalue weighted by Gasteiger charge is 2.20. The number of hydrogen-bond donors (Lipinski definition) is 0. The van der Waals surface area contributed by atoms with Crippen molar-refractivity contribution in [2.75, 3.05) is 0 Å². The van der Waals surface area contributed by atoms with Gasteiger partial charge in [0.1, 0.15) is 0 Å². The van der Waals surface area contributed by atoms with Crippen LogP contribution in [0.4, 0.5) is 0 Å². The standard InChI is InChI=1S/C17H21NO/c1-12(19)14-8-9-15-16(11-18(2)17(15)10-14)13-6-4-3-5-7-13/h8-11,13H,3-7H2,1-2H3. The molecule has 0 atom stereocenters. The van der Waals surface area contributed by atoms with Gasteiger partial charge in [0.2, 0.25) is 0 Å². The molecule has 2 nitrogen and oxygen atoms in total. The lowest BCUT2D eigenvalue weighted by molar-refractivity contribution is 0.101. The Kier molecular flexibility index (Phi) is 3.17. The van der Waals surface area contributed by atoms with Gasteiger partial charge in [-0.05, 0) is 37.3 Å². The molecule has 100 valence electrons. The van der Waals surface area contributed by atoms with E-state index >= 15 is 0 Å². The highest BCUT2D eigenvalue weighted by molar-refractivity contribution is 5.98. The number of hydrogen-bond acceptors (Lipinski definition) is 1. The number of benzene rings is 1. The Morgan fingerprint density at radius 3 is 2.63 bits per heavy atom. The molecule has 0 saturated heterocycles. The zero-order chi connectivity index (χ0) is 13.4. The maximum Gasteiger partial charge on any atom is 0.159 e. The fourth-order valence-electron chi connectivity index (χ4n) is 3.37. The summed E-state index contributed by atoms with van der Waals surface area (Å²) in [5.74, 6) is 0.850. The molecule has 1 fully saturated rings. The van der Waals surface area contributed by atoms with Crippen LogP contribution in [0.2, 0.25) is 0 Å². The van der Waals surface area contributed by atoms with Gasteiger partial charge in [-0.2, -0.15) is 0 Å². The molecule has 1 aliphatic rings. The van der Waals surface area contributed by atoms with Crippen molar-refractivity contribution in [1.82, 2.24) is 4.57 Å². The van der Waals surface area contributed by atoms with Gasteiger partial charge in [0.05, 0.1) is 0 Å². The first-order valence-electron chi connectivity index (χ1n) is 7.27. The average molecular weight is 255 g/mol. The van der Waals surface area contributed by atoms with Crippen molar-refractivity contribution in [2.24, 2.45) is 7.05 Å². The zero-order valence-corrected chi connectivity index (χ0v) is 11.8. The number of carbonyl (C=O) groups excluding carboxylic acids is 1. The summed E-state index contributed by atoms with van der Waals surface area (Å²) in [6.45, 7) is 1.63. The van der Waals surface area contributed by atoms with Crippen LogP contribution in [0.15, 0.2) is 24.4 Å². The van der Waals surface area contributed by atoms with Gasteiger partial charge in [0.15, 0.2) is 5.78 Å². The Morgan fingerprint density at radius 2 is 1.95 bits per heavy atom. The number of fused-ring (bicyclic) bond motifs is 1. The minimum Gasteiger partial charge on any atom is -0.350 e. The van der Waals surface area contributed by atoms with E-state index in [-0.39, 0.29) is 5.78 Å². The summed E-state index contributed by atoms with van der Waals surface area (Å²) in [6.07, 6.45) is 8.99. The normalized spacial score (nSPS) is 16.9. The fraction of sp³-hybridized carbons (Fsp3) is 0.471. The molecule has 0 aliphatic heterocycles. The summed E-state index contributed by atoms with van der Waals surface area (Å²) in [5.41, 5.74) is 3.48. The molecular formula is C17H21NO. The van der Waals surface area contributed by atoms with E-state index in [4.69, 9.17) is 0 Å². The van der Waals surface area contributed by atoms with Crippen LogP contribution in [0.5, 0.6) is 0 Å². The van der Waals surface area contributed by atoms with Crippen molar-refractivity contribution in [3.63, 3.8) is 0 Å². The maximum absolute atomic E-state index is 11.5. The minimum atomic E-state index is 0.141. The second-order valence-corrected chi connectivity index (χ2v) is 5.82. The topological polar surface area (TPSA) is 22.0 Å². The third-order valence-corrected chi connectivity index (χ3v) is 4.47. The second kappa shape index (κ2) is 4.84. The summed E-state index contributed by atoms with van der Waals surface area (Å²) < 4.78 is 2.17. The molecule has 2 aromatic rings. The van der Waals surface area contributed by atoms with Crippen LogP contribution in [0.25, 0.3) is 10.9 Å². The number of carbonyl (C=O) groups is 1. The molecule has 0 spiro atoms. The first-order valence-corrected chi connectivity index (χ1v) is 7.27. The molecule has 0 bridgehead atoms. The molecule has 3 rings (SSSR count). The van der Waals surface area contributed by atoms with Crippen LogP contribution < -0.4 is 0 Å². The fourth-order valence-corrected chi connectivity index (χ4v) is 3.37. The molecule has 1 aromatic heterocycles. The van der Waals surface area contributed by atoms with Crippen molar-refractivity contribution in [3.8, 4) is 0 Å². The second-order valence-electron chi connectivity index (χ2n) is 5.82. The van der Waals surface area contributed by atoms with Gasteiger partial charge in [-0.3, -0.25) is 4.79 Å². The maximum atomic E-state index is 11.5. The Morgan fingerprint density at radius 1 is 1.21 bits per heavy atom. The van der Waals surface area contributed by atoms with Crippen LogP contribution in [0, 0.1) is 0 Å². The predicted molar refractivity (Wildman–Crippen MR) is 78.7 cm³/mol. The summed E-state index contributed by atoms with van der Waals surface area (Å²) in [4.78, 5) is 11.5. The lowest BCUT2D eigenvalue weighted by Crippen LogP contribution is -2.03. The number of rotatable bonds is 2. The van der Waals surface area contributed by atoms with Crippen LogP contribution in [-0.2, 0) is 7.05 Å². The number of aromatic nitrogens is 1. The third-order valence-electron chi connectivity index (χ3n) is 4.47. The minimum absolute atomic E-state index is 0.141. The number of nitrogens with zero attached hydrogens (tertiary/aromatic N) is 1. The lowest BCUT2D eigenvalue weighted by atomic mass is 9.84. The first-order chi connectivity index (χ1) is 9.16.